The molecule has 0 saturated carbocycles. The van der Waals surface area contributed by atoms with Crippen molar-refractivity contribution < 1.29 is 23.4 Å². The molecule has 1 unspecified atom stereocenters. The van der Waals surface area contributed by atoms with Gasteiger partial charge in [-0.3, -0.25) is 4.79 Å². The monoisotopic (exact) mass is 434 g/mol. The summed E-state index contributed by atoms with van der Waals surface area (Å²) >= 11 is 0. The minimum atomic E-state index is -0.296. The third-order valence-electron chi connectivity index (χ3n) is 5.85. The van der Waals surface area contributed by atoms with Gasteiger partial charge in [-0.2, -0.15) is 0 Å². The molecule has 4 rings (SSSR count). The predicted octanol–water partition coefficient (Wildman–Crippen LogP) is 6.06. The smallest absolute Gasteiger partial charge is 0.306 e. The van der Waals surface area contributed by atoms with E-state index < -0.39 is 0 Å². The Kier molecular flexibility index (Phi) is 6.74. The summed E-state index contributed by atoms with van der Waals surface area (Å²) in [6, 6.07) is 18.4. The Balaban J connectivity index is 1.47. The number of aryl methyl sites for hydroxylation is 1. The highest BCUT2D eigenvalue weighted by Gasteiger charge is 2.25. The quantitative estimate of drug-likeness (QED) is 0.404. The number of methoxy groups -OCH3 is 1. The number of carbonyl (C=O) groups excluding carboxylic acids is 1. The fraction of sp³-hybridized carbons (Fsp3) is 0.296. The van der Waals surface area contributed by atoms with E-state index in [0.717, 1.165) is 29.7 Å². The van der Waals surface area contributed by atoms with E-state index in [2.05, 4.69) is 6.07 Å². The second kappa shape index (κ2) is 9.86. The molecule has 166 valence electrons. The molecule has 3 aromatic rings. The predicted molar refractivity (Wildman–Crippen MR) is 121 cm³/mol. The third kappa shape index (κ3) is 4.93. The minimum absolute atomic E-state index is 0.154. The number of ether oxygens (including phenoxy) is 3. The first-order valence-electron chi connectivity index (χ1n) is 10.9. The zero-order chi connectivity index (χ0) is 22.5. The summed E-state index contributed by atoms with van der Waals surface area (Å²) in [5.41, 5.74) is 4.63. The van der Waals surface area contributed by atoms with Crippen LogP contribution in [-0.4, -0.2) is 19.7 Å². The van der Waals surface area contributed by atoms with Crippen LogP contribution >= 0.6 is 0 Å². The van der Waals surface area contributed by atoms with Gasteiger partial charge in [0.1, 0.15) is 23.9 Å². The fourth-order valence-corrected chi connectivity index (χ4v) is 4.24. The molecule has 0 N–H and O–H groups in total. The summed E-state index contributed by atoms with van der Waals surface area (Å²) in [7, 11) is 1.56. The van der Waals surface area contributed by atoms with Crippen molar-refractivity contribution in [2.45, 2.75) is 38.7 Å². The number of rotatable bonds is 8. The normalized spacial score (nSPS) is 14.7. The maximum Gasteiger partial charge on any atom is 0.306 e. The van der Waals surface area contributed by atoms with Crippen molar-refractivity contribution in [3.05, 3.63) is 83.2 Å². The van der Waals surface area contributed by atoms with Gasteiger partial charge in [-0.25, -0.2) is 4.39 Å². The Morgan fingerprint density at radius 1 is 1.06 bits per heavy atom. The first kappa shape index (κ1) is 21.9. The van der Waals surface area contributed by atoms with Gasteiger partial charge in [0.05, 0.1) is 20.1 Å². The molecule has 1 atom stereocenters. The zero-order valence-electron chi connectivity index (χ0n) is 18.4. The molecule has 0 aliphatic heterocycles. The Morgan fingerprint density at radius 3 is 2.72 bits per heavy atom. The lowest BCUT2D eigenvalue weighted by Gasteiger charge is -2.13. The van der Waals surface area contributed by atoms with E-state index >= 15 is 0 Å². The van der Waals surface area contributed by atoms with Crippen molar-refractivity contribution in [3.8, 4) is 22.6 Å². The Labute approximate surface area is 187 Å². The summed E-state index contributed by atoms with van der Waals surface area (Å²) in [4.78, 5) is 11.9. The Morgan fingerprint density at radius 2 is 1.91 bits per heavy atom. The topological polar surface area (TPSA) is 44.8 Å². The lowest BCUT2D eigenvalue weighted by Crippen LogP contribution is -2.08. The van der Waals surface area contributed by atoms with E-state index in [1.165, 1.54) is 17.2 Å². The molecule has 0 radical (unpaired) electrons. The number of halogens is 1. The minimum Gasteiger partial charge on any atom is -0.497 e. The van der Waals surface area contributed by atoms with Crippen LogP contribution in [0.15, 0.2) is 60.7 Å². The largest absolute Gasteiger partial charge is 0.497 e. The van der Waals surface area contributed by atoms with Crippen LogP contribution < -0.4 is 9.47 Å². The van der Waals surface area contributed by atoms with Gasteiger partial charge in [0, 0.05) is 5.56 Å². The van der Waals surface area contributed by atoms with Crippen LogP contribution in [0.2, 0.25) is 0 Å². The fourth-order valence-electron chi connectivity index (χ4n) is 4.24. The molecule has 0 saturated heterocycles. The van der Waals surface area contributed by atoms with Crippen LogP contribution in [0.4, 0.5) is 4.39 Å². The standard InChI is InChI=1S/C27H27FO4/c1-3-31-27(29)14-21-8-7-19-9-10-23(16-24(19)21)32-17-18-5-4-6-20(13-18)25-15-22(30-2)11-12-26(25)28/h4-6,9-13,15-16,21H,3,7-8,14,17H2,1-2H3. The SMILES string of the molecule is CCOC(=O)CC1CCc2ccc(OCc3cccc(-c4cc(OC)ccc4F)c3)cc21. The van der Waals surface area contributed by atoms with Crippen molar-refractivity contribution >= 4 is 5.97 Å². The Bertz CT molecular complexity index is 1110. The number of carbonyl (C=O) groups is 1. The molecule has 0 heterocycles. The molecule has 5 heteroatoms. The van der Waals surface area contributed by atoms with Crippen molar-refractivity contribution in [2.75, 3.05) is 13.7 Å². The highest BCUT2D eigenvalue weighted by Crippen LogP contribution is 2.38. The summed E-state index contributed by atoms with van der Waals surface area (Å²) in [6.45, 7) is 2.59. The second-order valence-corrected chi connectivity index (χ2v) is 7.94. The summed E-state index contributed by atoms with van der Waals surface area (Å²) in [6.07, 6.45) is 2.32. The van der Waals surface area contributed by atoms with Gasteiger partial charge in [-0.1, -0.05) is 24.3 Å². The van der Waals surface area contributed by atoms with E-state index in [-0.39, 0.29) is 17.7 Å². The number of hydrogen-bond donors (Lipinski definition) is 0. The molecule has 0 bridgehead atoms. The van der Waals surface area contributed by atoms with Crippen LogP contribution in [0.25, 0.3) is 11.1 Å². The van der Waals surface area contributed by atoms with Crippen LogP contribution in [0.5, 0.6) is 11.5 Å². The van der Waals surface area contributed by atoms with E-state index in [9.17, 15) is 9.18 Å². The first-order chi connectivity index (χ1) is 15.6. The summed E-state index contributed by atoms with van der Waals surface area (Å²) < 4.78 is 30.8. The molecule has 0 amide bonds. The lowest BCUT2D eigenvalue weighted by atomic mass is 9.98. The molecular formula is C27H27FO4. The van der Waals surface area contributed by atoms with E-state index in [0.29, 0.717) is 30.9 Å². The first-order valence-corrected chi connectivity index (χ1v) is 10.9. The Hall–Kier alpha value is -3.34. The second-order valence-electron chi connectivity index (χ2n) is 7.94. The van der Waals surface area contributed by atoms with Gasteiger partial charge in [-0.05, 0) is 84.3 Å². The van der Waals surface area contributed by atoms with E-state index in [4.69, 9.17) is 14.2 Å². The van der Waals surface area contributed by atoms with Crippen LogP contribution in [-0.2, 0) is 22.6 Å². The lowest BCUT2D eigenvalue weighted by molar-refractivity contribution is -0.143. The van der Waals surface area contributed by atoms with E-state index in [1.807, 2.05) is 43.3 Å². The molecule has 0 aromatic heterocycles. The van der Waals surface area contributed by atoms with E-state index in [1.54, 1.807) is 19.2 Å². The number of fused-ring (bicyclic) bond motifs is 1. The molecule has 32 heavy (non-hydrogen) atoms. The van der Waals surface area contributed by atoms with Gasteiger partial charge in [0.15, 0.2) is 0 Å². The maximum atomic E-state index is 14.4. The molecular weight excluding hydrogens is 407 g/mol. The third-order valence-corrected chi connectivity index (χ3v) is 5.85. The molecule has 0 spiro atoms. The maximum absolute atomic E-state index is 14.4. The summed E-state index contributed by atoms with van der Waals surface area (Å²) in [5.74, 6) is 1.09. The van der Waals surface area contributed by atoms with Gasteiger partial charge in [0.2, 0.25) is 0 Å². The van der Waals surface area contributed by atoms with Gasteiger partial charge < -0.3 is 14.2 Å². The highest BCUT2D eigenvalue weighted by molar-refractivity contribution is 5.71. The highest BCUT2D eigenvalue weighted by atomic mass is 19.1. The van der Waals surface area contributed by atoms with Crippen molar-refractivity contribution in [2.24, 2.45) is 0 Å². The molecule has 1 aliphatic rings. The number of hydrogen-bond acceptors (Lipinski definition) is 4. The van der Waals surface area contributed by atoms with Crippen LogP contribution in [0.1, 0.15) is 42.4 Å². The van der Waals surface area contributed by atoms with Crippen LogP contribution in [0.3, 0.4) is 0 Å². The van der Waals surface area contributed by atoms with Gasteiger partial charge in [0.25, 0.3) is 0 Å². The average molecular weight is 435 g/mol. The molecule has 1 aliphatic carbocycles. The van der Waals surface area contributed by atoms with Crippen molar-refractivity contribution in [1.82, 2.24) is 0 Å². The van der Waals surface area contributed by atoms with Crippen molar-refractivity contribution in [1.29, 1.82) is 0 Å². The molecule has 4 nitrogen and oxygen atoms in total. The number of esters is 1. The number of benzene rings is 3. The van der Waals surface area contributed by atoms with Crippen LogP contribution in [0, 0.1) is 5.82 Å². The molecule has 3 aromatic carbocycles. The zero-order valence-corrected chi connectivity index (χ0v) is 18.4. The van der Waals surface area contributed by atoms with Crippen molar-refractivity contribution in [3.63, 3.8) is 0 Å². The van der Waals surface area contributed by atoms with Gasteiger partial charge >= 0.3 is 5.97 Å². The summed E-state index contributed by atoms with van der Waals surface area (Å²) in [5, 5.41) is 0. The van der Waals surface area contributed by atoms with Gasteiger partial charge in [-0.15, -0.1) is 0 Å². The average Bonchev–Trinajstić information content (AvgIpc) is 3.20. The molecule has 0 fully saturated rings.